The molecule has 9 heteroatoms. The Balaban J connectivity index is 2.21. The summed E-state index contributed by atoms with van der Waals surface area (Å²) in [6.45, 7) is -0.585. The summed E-state index contributed by atoms with van der Waals surface area (Å²) in [5, 5.41) is 22.3. The van der Waals surface area contributed by atoms with Gasteiger partial charge in [-0.25, -0.2) is 14.8 Å². The van der Waals surface area contributed by atoms with Gasteiger partial charge in [0.2, 0.25) is 0 Å². The first kappa shape index (κ1) is 16.5. The van der Waals surface area contributed by atoms with Gasteiger partial charge in [-0.1, -0.05) is 23.2 Å². The Bertz CT molecular complexity index is 899. The average molecular weight is 367 g/mol. The fourth-order valence-corrected chi connectivity index (χ4v) is 2.63. The number of hydrogen-bond donors (Lipinski definition) is 3. The van der Waals surface area contributed by atoms with E-state index in [1.54, 1.807) is 41.5 Å². The molecule has 3 aromatic rings. The Labute approximate surface area is 146 Å². The van der Waals surface area contributed by atoms with Gasteiger partial charge in [0.05, 0.1) is 34.2 Å². The molecule has 0 fully saturated rings. The number of aromatic nitrogens is 3. The summed E-state index contributed by atoms with van der Waals surface area (Å²) < 4.78 is 1.74. The number of fused-ring (bicyclic) bond motifs is 1. The Hall–Kier alpha value is -2.35. The fraction of sp³-hybridized carbons (Fsp3) is 0.133. The van der Waals surface area contributed by atoms with Gasteiger partial charge in [0.1, 0.15) is 11.9 Å². The van der Waals surface area contributed by atoms with Crippen LogP contribution < -0.4 is 5.32 Å². The highest BCUT2D eigenvalue weighted by Gasteiger charge is 2.18. The summed E-state index contributed by atoms with van der Waals surface area (Å²) >= 11 is 12.3. The number of halogens is 2. The van der Waals surface area contributed by atoms with Crippen LogP contribution >= 0.6 is 23.2 Å². The molecular formula is C15H12Cl2N4O3. The van der Waals surface area contributed by atoms with E-state index in [1.807, 2.05) is 0 Å². The molecule has 0 saturated heterocycles. The summed E-state index contributed by atoms with van der Waals surface area (Å²) in [5.41, 5.74) is 1.11. The van der Waals surface area contributed by atoms with E-state index in [9.17, 15) is 9.90 Å². The third-order valence-corrected chi connectivity index (χ3v) is 4.23. The van der Waals surface area contributed by atoms with E-state index in [0.717, 1.165) is 5.39 Å². The molecule has 7 nitrogen and oxygen atoms in total. The van der Waals surface area contributed by atoms with Crippen molar-refractivity contribution in [2.45, 2.75) is 6.04 Å². The minimum atomic E-state index is -1.19. The minimum absolute atomic E-state index is 0.247. The third-order valence-electron chi connectivity index (χ3n) is 3.44. The summed E-state index contributed by atoms with van der Waals surface area (Å²) in [4.78, 5) is 19.5. The predicted molar refractivity (Wildman–Crippen MR) is 91.0 cm³/mol. The molecule has 1 atom stereocenters. The monoisotopic (exact) mass is 366 g/mol. The predicted octanol–water partition coefficient (Wildman–Crippen LogP) is 2.58. The van der Waals surface area contributed by atoms with Crippen LogP contribution in [0.25, 0.3) is 16.6 Å². The highest BCUT2D eigenvalue weighted by molar-refractivity contribution is 6.45. The minimum Gasteiger partial charge on any atom is -0.480 e. The Morgan fingerprint density at radius 2 is 2.17 bits per heavy atom. The van der Waals surface area contributed by atoms with E-state index in [0.29, 0.717) is 16.2 Å². The molecule has 3 rings (SSSR count). The number of carboxylic acids is 1. The summed E-state index contributed by atoms with van der Waals surface area (Å²) in [7, 11) is 0. The lowest BCUT2D eigenvalue weighted by Crippen LogP contribution is -2.33. The lowest BCUT2D eigenvalue weighted by molar-refractivity contribution is -0.138. The van der Waals surface area contributed by atoms with E-state index in [2.05, 4.69) is 15.3 Å². The first-order valence-corrected chi connectivity index (χ1v) is 7.64. The SMILES string of the molecule is O=C(O)[C@H](CO)Nc1cc(-n2ccnc2)c2ccc(Cl)c(Cl)c2n1. The second-order valence-electron chi connectivity index (χ2n) is 4.97. The van der Waals surface area contributed by atoms with Crippen LogP contribution in [0.15, 0.2) is 36.9 Å². The van der Waals surface area contributed by atoms with Crippen molar-refractivity contribution < 1.29 is 15.0 Å². The highest BCUT2D eigenvalue weighted by Crippen LogP contribution is 2.34. The van der Waals surface area contributed by atoms with Gasteiger partial charge < -0.3 is 20.1 Å². The number of anilines is 1. The molecule has 0 radical (unpaired) electrons. The van der Waals surface area contributed by atoms with E-state index in [1.165, 1.54) is 0 Å². The molecule has 3 N–H and O–H groups in total. The molecule has 0 amide bonds. The second-order valence-corrected chi connectivity index (χ2v) is 5.76. The molecule has 0 bridgehead atoms. The summed E-state index contributed by atoms with van der Waals surface area (Å²) in [6, 6.07) is 3.90. The Kier molecular flexibility index (Phi) is 4.57. The van der Waals surface area contributed by atoms with Gasteiger partial charge in [-0.2, -0.15) is 0 Å². The maximum atomic E-state index is 11.1. The zero-order valence-electron chi connectivity index (χ0n) is 12.1. The molecule has 0 unspecified atom stereocenters. The Morgan fingerprint density at radius 1 is 1.38 bits per heavy atom. The quantitative estimate of drug-likeness (QED) is 0.641. The first-order chi connectivity index (χ1) is 11.5. The Morgan fingerprint density at radius 3 is 2.79 bits per heavy atom. The van der Waals surface area contributed by atoms with E-state index >= 15 is 0 Å². The molecule has 24 heavy (non-hydrogen) atoms. The number of pyridine rings is 1. The van der Waals surface area contributed by atoms with Gasteiger partial charge in [-0.05, 0) is 12.1 Å². The maximum absolute atomic E-state index is 11.1. The third kappa shape index (κ3) is 3.01. The molecule has 2 aromatic heterocycles. The number of imidazole rings is 1. The number of aliphatic hydroxyl groups excluding tert-OH is 1. The van der Waals surface area contributed by atoms with Crippen molar-refractivity contribution in [2.75, 3.05) is 11.9 Å². The molecule has 0 aliphatic heterocycles. The average Bonchev–Trinajstić information content (AvgIpc) is 3.09. The lowest BCUT2D eigenvalue weighted by Gasteiger charge is -2.16. The topological polar surface area (TPSA) is 100 Å². The van der Waals surface area contributed by atoms with Gasteiger partial charge >= 0.3 is 5.97 Å². The smallest absolute Gasteiger partial charge is 0.328 e. The van der Waals surface area contributed by atoms with Crippen molar-refractivity contribution >= 4 is 45.9 Å². The van der Waals surface area contributed by atoms with Crippen LogP contribution in [0.4, 0.5) is 5.82 Å². The number of hydrogen-bond acceptors (Lipinski definition) is 5. The van der Waals surface area contributed by atoms with Gasteiger partial charge in [0.25, 0.3) is 0 Å². The number of aliphatic hydroxyl groups is 1. The molecule has 0 aliphatic carbocycles. The van der Waals surface area contributed by atoms with Crippen LogP contribution in [0.2, 0.25) is 10.0 Å². The molecular weight excluding hydrogens is 355 g/mol. The zero-order chi connectivity index (χ0) is 17.3. The van der Waals surface area contributed by atoms with E-state index < -0.39 is 18.6 Å². The summed E-state index contributed by atoms with van der Waals surface area (Å²) in [5.74, 6) is -0.947. The summed E-state index contributed by atoms with van der Waals surface area (Å²) in [6.07, 6.45) is 4.95. The number of carbonyl (C=O) groups is 1. The van der Waals surface area contributed by atoms with Crippen LogP contribution in [0, 0.1) is 0 Å². The van der Waals surface area contributed by atoms with Crippen LogP contribution in [0.5, 0.6) is 0 Å². The van der Waals surface area contributed by atoms with Crippen LogP contribution in [0.1, 0.15) is 0 Å². The standard InChI is InChI=1S/C15H12Cl2N4O3/c16-9-2-1-8-11(21-4-3-18-7-21)5-12(20-14(8)13(9)17)19-10(6-22)15(23)24/h1-5,7,10,22H,6H2,(H,19,20)(H,23,24)/t10-/m0/s1. The number of carboxylic acid groups (broad SMARTS) is 1. The molecule has 0 spiro atoms. The van der Waals surface area contributed by atoms with Crippen LogP contribution in [-0.4, -0.2) is 43.4 Å². The molecule has 1 aromatic carbocycles. The molecule has 2 heterocycles. The lowest BCUT2D eigenvalue weighted by atomic mass is 10.1. The fourth-order valence-electron chi connectivity index (χ4n) is 2.27. The first-order valence-electron chi connectivity index (χ1n) is 6.88. The maximum Gasteiger partial charge on any atom is 0.328 e. The van der Waals surface area contributed by atoms with Crippen molar-refractivity contribution in [3.05, 3.63) is 47.0 Å². The number of benzene rings is 1. The van der Waals surface area contributed by atoms with Crippen molar-refractivity contribution in [2.24, 2.45) is 0 Å². The number of rotatable bonds is 5. The second kappa shape index (κ2) is 6.64. The van der Waals surface area contributed by atoms with Gasteiger partial charge in [-0.15, -0.1) is 0 Å². The van der Waals surface area contributed by atoms with Gasteiger partial charge in [-0.3, -0.25) is 0 Å². The van der Waals surface area contributed by atoms with Crippen molar-refractivity contribution in [3.8, 4) is 5.69 Å². The van der Waals surface area contributed by atoms with Crippen molar-refractivity contribution in [1.82, 2.24) is 14.5 Å². The van der Waals surface area contributed by atoms with Crippen LogP contribution in [0.3, 0.4) is 0 Å². The number of nitrogens with one attached hydrogen (secondary N) is 1. The normalized spacial score (nSPS) is 12.3. The van der Waals surface area contributed by atoms with Crippen LogP contribution in [-0.2, 0) is 4.79 Å². The largest absolute Gasteiger partial charge is 0.480 e. The van der Waals surface area contributed by atoms with E-state index in [4.69, 9.17) is 28.3 Å². The molecule has 0 saturated carbocycles. The molecule has 124 valence electrons. The van der Waals surface area contributed by atoms with Gasteiger partial charge in [0, 0.05) is 23.8 Å². The van der Waals surface area contributed by atoms with E-state index in [-0.39, 0.29) is 10.8 Å². The number of nitrogens with zero attached hydrogens (tertiary/aromatic N) is 3. The zero-order valence-corrected chi connectivity index (χ0v) is 13.7. The van der Waals surface area contributed by atoms with Crippen molar-refractivity contribution in [3.63, 3.8) is 0 Å². The molecule has 0 aliphatic rings. The number of aliphatic carboxylic acids is 1. The highest BCUT2D eigenvalue weighted by atomic mass is 35.5. The van der Waals surface area contributed by atoms with Crippen molar-refractivity contribution in [1.29, 1.82) is 0 Å². The van der Waals surface area contributed by atoms with Gasteiger partial charge in [0.15, 0.2) is 0 Å².